The molecule has 1 amide bonds. The van der Waals surface area contributed by atoms with Crippen molar-refractivity contribution in [1.29, 1.82) is 0 Å². The molecule has 0 saturated carbocycles. The minimum absolute atomic E-state index is 0.214. The quantitative estimate of drug-likeness (QED) is 0.797. The van der Waals surface area contributed by atoms with Gasteiger partial charge in [0.05, 0.1) is 12.5 Å². The Kier molecular flexibility index (Phi) is 6.07. The monoisotopic (exact) mass is 325 g/mol. The van der Waals surface area contributed by atoms with E-state index in [1.54, 1.807) is 24.0 Å². The van der Waals surface area contributed by atoms with E-state index in [1.165, 1.54) is 0 Å². The van der Waals surface area contributed by atoms with Crippen LogP contribution < -0.4 is 0 Å². The van der Waals surface area contributed by atoms with Gasteiger partial charge in [0.2, 0.25) is 0 Å². The number of halogens is 1. The first-order valence-corrected chi connectivity index (χ1v) is 7.80. The van der Waals surface area contributed by atoms with Gasteiger partial charge in [-0.25, -0.2) is 4.79 Å². The molecule has 1 aromatic carbocycles. The van der Waals surface area contributed by atoms with Gasteiger partial charge in [0, 0.05) is 18.1 Å². The summed E-state index contributed by atoms with van der Waals surface area (Å²) in [7, 11) is 0. The van der Waals surface area contributed by atoms with Crippen LogP contribution in [0, 0.1) is 5.92 Å². The molecule has 1 heterocycles. The molecule has 5 nitrogen and oxygen atoms in total. The van der Waals surface area contributed by atoms with Crippen molar-refractivity contribution < 1.29 is 19.1 Å². The van der Waals surface area contributed by atoms with Gasteiger partial charge >= 0.3 is 12.1 Å². The highest BCUT2D eigenvalue weighted by Crippen LogP contribution is 2.19. The smallest absolute Gasteiger partial charge is 0.409 e. The van der Waals surface area contributed by atoms with E-state index in [-0.39, 0.29) is 24.6 Å². The van der Waals surface area contributed by atoms with Crippen LogP contribution in [0.4, 0.5) is 4.79 Å². The van der Waals surface area contributed by atoms with Crippen LogP contribution in [-0.4, -0.2) is 36.7 Å². The molecule has 1 atom stereocenters. The third kappa shape index (κ3) is 4.63. The summed E-state index contributed by atoms with van der Waals surface area (Å²) >= 11 is 5.81. The highest BCUT2D eigenvalue weighted by molar-refractivity contribution is 6.30. The highest BCUT2D eigenvalue weighted by atomic mass is 35.5. The number of amides is 1. The maximum Gasteiger partial charge on any atom is 0.409 e. The summed E-state index contributed by atoms with van der Waals surface area (Å²) in [5, 5.41) is 0.646. The molecule has 0 N–H and O–H groups in total. The van der Waals surface area contributed by atoms with Crippen LogP contribution in [0.15, 0.2) is 24.3 Å². The van der Waals surface area contributed by atoms with Gasteiger partial charge in [-0.1, -0.05) is 23.7 Å². The maximum atomic E-state index is 12.1. The fraction of sp³-hybridized carbons (Fsp3) is 0.500. The first-order valence-electron chi connectivity index (χ1n) is 7.43. The Hall–Kier alpha value is -1.75. The van der Waals surface area contributed by atoms with Gasteiger partial charge in [-0.05, 0) is 37.5 Å². The van der Waals surface area contributed by atoms with Crippen molar-refractivity contribution in [3.8, 4) is 0 Å². The molecule has 120 valence electrons. The second kappa shape index (κ2) is 8.03. The number of esters is 1. The predicted octanol–water partition coefficient (Wildman–Crippen LogP) is 3.25. The van der Waals surface area contributed by atoms with Gasteiger partial charge in [0.25, 0.3) is 0 Å². The predicted molar refractivity (Wildman–Crippen MR) is 82.6 cm³/mol. The van der Waals surface area contributed by atoms with Crippen molar-refractivity contribution in [2.24, 2.45) is 5.92 Å². The third-order valence-corrected chi connectivity index (χ3v) is 3.83. The molecule has 1 aliphatic heterocycles. The number of carbonyl (C=O) groups excluding carboxylic acids is 2. The molecule has 0 spiro atoms. The summed E-state index contributed by atoms with van der Waals surface area (Å²) in [6, 6.07) is 7.16. The van der Waals surface area contributed by atoms with Gasteiger partial charge in [-0.3, -0.25) is 4.79 Å². The summed E-state index contributed by atoms with van der Waals surface area (Å²) in [6.07, 6.45) is 1.15. The molecule has 22 heavy (non-hydrogen) atoms. The number of hydrogen-bond acceptors (Lipinski definition) is 4. The van der Waals surface area contributed by atoms with Crippen molar-refractivity contribution >= 4 is 23.7 Å². The number of rotatable bonds is 4. The van der Waals surface area contributed by atoms with Crippen LogP contribution in [0.5, 0.6) is 0 Å². The minimum atomic E-state index is -0.363. The fourth-order valence-electron chi connectivity index (χ4n) is 2.40. The molecule has 1 fully saturated rings. The summed E-state index contributed by atoms with van der Waals surface area (Å²) in [4.78, 5) is 25.4. The van der Waals surface area contributed by atoms with Crippen LogP contribution >= 0.6 is 11.6 Å². The first-order chi connectivity index (χ1) is 10.6. The number of hydrogen-bond donors (Lipinski definition) is 0. The molecule has 1 aromatic rings. The van der Waals surface area contributed by atoms with Gasteiger partial charge in [-0.15, -0.1) is 0 Å². The molecule has 1 saturated heterocycles. The van der Waals surface area contributed by atoms with Crippen molar-refractivity contribution in [3.05, 3.63) is 34.9 Å². The SMILES string of the molecule is CCOC(=O)N1CCCC(C(=O)OCc2ccc(Cl)cc2)C1. The van der Waals surface area contributed by atoms with Crippen molar-refractivity contribution in [2.45, 2.75) is 26.4 Å². The van der Waals surface area contributed by atoms with Gasteiger partial charge in [0.1, 0.15) is 6.61 Å². The molecular weight excluding hydrogens is 306 g/mol. The summed E-state index contributed by atoms with van der Waals surface area (Å²) in [5.41, 5.74) is 0.885. The Labute approximate surface area is 135 Å². The third-order valence-electron chi connectivity index (χ3n) is 3.58. The van der Waals surface area contributed by atoms with E-state index < -0.39 is 0 Å². The van der Waals surface area contributed by atoms with E-state index >= 15 is 0 Å². The van der Waals surface area contributed by atoms with E-state index in [2.05, 4.69) is 0 Å². The summed E-state index contributed by atoms with van der Waals surface area (Å²) < 4.78 is 10.3. The maximum absolute atomic E-state index is 12.1. The average Bonchev–Trinajstić information content (AvgIpc) is 2.54. The molecule has 1 aliphatic rings. The number of ether oxygens (including phenoxy) is 2. The topological polar surface area (TPSA) is 55.8 Å². The summed E-state index contributed by atoms with van der Waals surface area (Å²) in [5.74, 6) is -0.561. The van der Waals surface area contributed by atoms with E-state index in [4.69, 9.17) is 21.1 Å². The molecule has 0 aromatic heterocycles. The molecule has 6 heteroatoms. The lowest BCUT2D eigenvalue weighted by Gasteiger charge is -2.30. The molecule has 0 radical (unpaired) electrons. The molecular formula is C16H20ClNO4. The lowest BCUT2D eigenvalue weighted by atomic mass is 9.98. The van der Waals surface area contributed by atoms with Gasteiger partial charge in [0.15, 0.2) is 0 Å². The molecule has 2 rings (SSSR count). The minimum Gasteiger partial charge on any atom is -0.461 e. The Balaban J connectivity index is 1.83. The first kappa shape index (κ1) is 16.6. The Bertz CT molecular complexity index is 517. The average molecular weight is 326 g/mol. The van der Waals surface area contributed by atoms with Crippen LogP contribution in [0.25, 0.3) is 0 Å². The van der Waals surface area contributed by atoms with Crippen LogP contribution in [0.3, 0.4) is 0 Å². The zero-order valence-corrected chi connectivity index (χ0v) is 13.3. The molecule has 0 aliphatic carbocycles. The van der Waals surface area contributed by atoms with Gasteiger partial charge < -0.3 is 14.4 Å². The Morgan fingerprint density at radius 3 is 2.68 bits per heavy atom. The Morgan fingerprint density at radius 2 is 2.00 bits per heavy atom. The second-order valence-electron chi connectivity index (χ2n) is 5.22. The van der Waals surface area contributed by atoms with Crippen molar-refractivity contribution in [3.63, 3.8) is 0 Å². The second-order valence-corrected chi connectivity index (χ2v) is 5.65. The summed E-state index contributed by atoms with van der Waals surface area (Å²) in [6.45, 7) is 3.30. The lowest BCUT2D eigenvalue weighted by Crippen LogP contribution is -2.43. The highest BCUT2D eigenvalue weighted by Gasteiger charge is 2.30. The fourth-order valence-corrected chi connectivity index (χ4v) is 2.53. The zero-order valence-electron chi connectivity index (χ0n) is 12.6. The van der Waals surface area contributed by atoms with Crippen LogP contribution in [-0.2, 0) is 20.9 Å². The van der Waals surface area contributed by atoms with E-state index in [9.17, 15) is 9.59 Å². The van der Waals surface area contributed by atoms with Gasteiger partial charge in [-0.2, -0.15) is 0 Å². The van der Waals surface area contributed by atoms with Crippen LogP contribution in [0.1, 0.15) is 25.3 Å². The standard InChI is InChI=1S/C16H20ClNO4/c1-2-21-16(20)18-9-3-4-13(10-18)15(19)22-11-12-5-7-14(17)8-6-12/h5-8,13H,2-4,9-11H2,1H3. The molecule has 1 unspecified atom stereocenters. The van der Waals surface area contributed by atoms with E-state index in [0.29, 0.717) is 24.7 Å². The number of nitrogens with zero attached hydrogens (tertiary/aromatic N) is 1. The Morgan fingerprint density at radius 1 is 1.27 bits per heavy atom. The van der Waals surface area contributed by atoms with Crippen molar-refractivity contribution in [1.82, 2.24) is 4.90 Å². The van der Waals surface area contributed by atoms with E-state index in [1.807, 2.05) is 12.1 Å². The van der Waals surface area contributed by atoms with Crippen molar-refractivity contribution in [2.75, 3.05) is 19.7 Å². The molecule has 0 bridgehead atoms. The largest absolute Gasteiger partial charge is 0.461 e. The van der Waals surface area contributed by atoms with E-state index in [0.717, 1.165) is 18.4 Å². The number of piperidine rings is 1. The normalized spacial score (nSPS) is 17.9. The lowest BCUT2D eigenvalue weighted by molar-refractivity contribution is -0.151. The number of likely N-dealkylation sites (tertiary alicyclic amines) is 1. The number of benzene rings is 1. The zero-order chi connectivity index (χ0) is 15.9. The van der Waals surface area contributed by atoms with Crippen LogP contribution in [0.2, 0.25) is 5.02 Å². The number of carbonyl (C=O) groups is 2.